The molecule has 1 aliphatic rings. The van der Waals surface area contributed by atoms with Crippen LogP contribution in [0.25, 0.3) is 5.57 Å². The summed E-state index contributed by atoms with van der Waals surface area (Å²) in [6, 6.07) is 8.74. The predicted molar refractivity (Wildman–Crippen MR) is 125 cm³/mol. The van der Waals surface area contributed by atoms with Gasteiger partial charge in [-0.15, -0.1) is 0 Å². The highest BCUT2D eigenvalue weighted by Crippen LogP contribution is 2.34. The second kappa shape index (κ2) is 10.1. The normalized spacial score (nSPS) is 14.8. The molecule has 0 fully saturated rings. The summed E-state index contributed by atoms with van der Waals surface area (Å²) < 4.78 is 5.86. The maximum absolute atomic E-state index is 13.2. The molecule has 1 amide bonds. The molecule has 0 aromatic heterocycles. The number of amides is 1. The average molecular weight is 476 g/mol. The smallest absolute Gasteiger partial charge is 0.306 e. The molecule has 1 atom stereocenters. The first-order valence-corrected chi connectivity index (χ1v) is 10.6. The van der Waals surface area contributed by atoms with E-state index in [9.17, 15) is 14.7 Å². The largest absolute Gasteiger partial charge is 0.481 e. The van der Waals surface area contributed by atoms with Crippen molar-refractivity contribution in [3.05, 3.63) is 68.8 Å². The molecule has 0 unspecified atom stereocenters. The van der Waals surface area contributed by atoms with Crippen LogP contribution in [0.1, 0.15) is 34.0 Å². The Morgan fingerprint density at radius 1 is 1.31 bits per heavy atom. The fourth-order valence-corrected chi connectivity index (χ4v) is 4.15. The molecule has 0 bridgehead atoms. The van der Waals surface area contributed by atoms with Crippen LogP contribution < -0.4 is 10.5 Å². The molecular weight excluding hydrogens is 453 g/mol. The van der Waals surface area contributed by atoms with E-state index in [4.69, 9.17) is 33.7 Å². The Bertz CT molecular complexity index is 1090. The van der Waals surface area contributed by atoms with Crippen LogP contribution in [0.3, 0.4) is 0 Å². The Morgan fingerprint density at radius 3 is 2.59 bits per heavy atom. The molecule has 7 nitrogen and oxygen atoms in total. The first-order valence-electron chi connectivity index (χ1n) is 9.85. The van der Waals surface area contributed by atoms with Crippen molar-refractivity contribution in [2.24, 2.45) is 16.6 Å². The molecule has 3 rings (SSSR count). The summed E-state index contributed by atoms with van der Waals surface area (Å²) in [6.07, 6.45) is 3.29. The van der Waals surface area contributed by atoms with Crippen molar-refractivity contribution < 1.29 is 19.4 Å². The van der Waals surface area contributed by atoms with Crippen LogP contribution in [0.4, 0.5) is 0 Å². The maximum atomic E-state index is 13.2. The number of allylic oxidation sites excluding steroid dienone is 1. The lowest BCUT2D eigenvalue weighted by Crippen LogP contribution is -2.37. The SMILES string of the molecule is CN=CC(=CN)c1cc(Cl)c(C(=O)N2COc3c(C[C@H](C)C(=O)O)cccc3C2)c(Cl)c1. The molecule has 3 N–H and O–H groups in total. The van der Waals surface area contributed by atoms with Crippen LogP contribution in [0.15, 0.2) is 41.5 Å². The van der Waals surface area contributed by atoms with Crippen LogP contribution in [0, 0.1) is 5.92 Å². The number of rotatable bonds is 6. The van der Waals surface area contributed by atoms with Crippen molar-refractivity contribution >= 4 is 46.9 Å². The van der Waals surface area contributed by atoms with Gasteiger partial charge in [-0.1, -0.05) is 48.3 Å². The van der Waals surface area contributed by atoms with E-state index in [0.29, 0.717) is 23.3 Å². The van der Waals surface area contributed by atoms with Crippen LogP contribution in [0.2, 0.25) is 10.0 Å². The lowest BCUT2D eigenvalue weighted by Gasteiger charge is -2.31. The molecule has 1 heterocycles. The van der Waals surface area contributed by atoms with Crippen molar-refractivity contribution in [2.75, 3.05) is 13.8 Å². The molecular formula is C23H23Cl2N3O4. The molecule has 2 aromatic rings. The molecule has 1 aliphatic heterocycles. The number of carboxylic acids is 1. The van der Waals surface area contributed by atoms with Crippen molar-refractivity contribution in [2.45, 2.75) is 19.9 Å². The number of hydrogen-bond acceptors (Lipinski definition) is 5. The molecule has 0 radical (unpaired) electrons. The van der Waals surface area contributed by atoms with E-state index < -0.39 is 11.9 Å². The van der Waals surface area contributed by atoms with Gasteiger partial charge in [-0.25, -0.2) is 0 Å². The van der Waals surface area contributed by atoms with Crippen LogP contribution in [-0.2, 0) is 17.8 Å². The molecule has 0 aliphatic carbocycles. The summed E-state index contributed by atoms with van der Waals surface area (Å²) in [5, 5.41) is 9.59. The number of aliphatic imine (C=N–C) groups is 1. The third-order valence-electron chi connectivity index (χ3n) is 5.18. The Labute approximate surface area is 196 Å². The van der Waals surface area contributed by atoms with Crippen LogP contribution in [0.5, 0.6) is 5.75 Å². The molecule has 0 spiro atoms. The van der Waals surface area contributed by atoms with E-state index in [-0.39, 0.29) is 34.8 Å². The number of fused-ring (bicyclic) bond motifs is 1. The number of halogens is 2. The third-order valence-corrected chi connectivity index (χ3v) is 5.77. The lowest BCUT2D eigenvalue weighted by molar-refractivity contribution is -0.141. The van der Waals surface area contributed by atoms with Crippen molar-refractivity contribution in [3.63, 3.8) is 0 Å². The summed E-state index contributed by atoms with van der Waals surface area (Å²) >= 11 is 12.8. The number of ether oxygens (including phenoxy) is 1. The Hall–Kier alpha value is -3.03. The number of nitrogens with zero attached hydrogens (tertiary/aromatic N) is 2. The second-order valence-corrected chi connectivity index (χ2v) is 8.26. The summed E-state index contributed by atoms with van der Waals surface area (Å²) in [7, 11) is 1.62. The minimum absolute atomic E-state index is 0.00481. The fraction of sp³-hybridized carbons (Fsp3) is 0.261. The van der Waals surface area contributed by atoms with Gasteiger partial charge in [0.1, 0.15) is 5.75 Å². The van der Waals surface area contributed by atoms with Gasteiger partial charge in [-0.2, -0.15) is 0 Å². The van der Waals surface area contributed by atoms with Crippen LogP contribution in [-0.4, -0.2) is 41.9 Å². The first kappa shape index (κ1) is 23.6. The number of carbonyl (C=O) groups is 2. The van der Waals surface area contributed by atoms with Gasteiger partial charge in [0.25, 0.3) is 5.91 Å². The van der Waals surface area contributed by atoms with E-state index in [2.05, 4.69) is 4.99 Å². The summed E-state index contributed by atoms with van der Waals surface area (Å²) in [5.41, 5.74) is 8.66. The Morgan fingerprint density at radius 2 is 2.00 bits per heavy atom. The number of aliphatic carboxylic acids is 1. The van der Waals surface area contributed by atoms with Gasteiger partial charge in [-0.3, -0.25) is 14.6 Å². The predicted octanol–water partition coefficient (Wildman–Crippen LogP) is 4.25. The number of hydrogen-bond donors (Lipinski definition) is 2. The standard InChI is InChI=1S/C23H23Cl2N3O4/c1-13(23(30)31)6-14-4-3-5-15-11-28(12-32-21(14)15)22(29)20-18(24)7-16(8-19(20)25)17(9-26)10-27-2/h3-5,7-10,13H,6,11-12,26H2,1-2H3,(H,30,31)/t13-/m0/s1. The monoisotopic (exact) mass is 475 g/mol. The van der Waals surface area contributed by atoms with E-state index in [1.54, 1.807) is 32.3 Å². The summed E-state index contributed by atoms with van der Waals surface area (Å²) in [4.78, 5) is 29.9. The zero-order valence-electron chi connectivity index (χ0n) is 17.6. The number of carboxylic acid groups (broad SMARTS) is 1. The number of nitrogens with two attached hydrogens (primary N) is 1. The molecule has 168 valence electrons. The number of para-hydroxylation sites is 1. The van der Waals surface area contributed by atoms with Gasteiger partial charge < -0.3 is 20.5 Å². The van der Waals surface area contributed by atoms with Crippen LogP contribution >= 0.6 is 23.2 Å². The molecule has 0 saturated heterocycles. The zero-order valence-corrected chi connectivity index (χ0v) is 19.2. The fourth-order valence-electron chi connectivity index (χ4n) is 3.51. The zero-order chi connectivity index (χ0) is 23.4. The van der Waals surface area contributed by atoms with E-state index in [0.717, 1.165) is 11.1 Å². The van der Waals surface area contributed by atoms with Crippen molar-refractivity contribution in [3.8, 4) is 5.75 Å². The van der Waals surface area contributed by atoms with E-state index in [1.165, 1.54) is 11.1 Å². The van der Waals surface area contributed by atoms with Gasteiger partial charge in [0.05, 0.1) is 28.1 Å². The molecule has 9 heteroatoms. The number of carbonyl (C=O) groups excluding carboxylic acids is 1. The summed E-state index contributed by atoms with van der Waals surface area (Å²) in [5.74, 6) is -1.18. The van der Waals surface area contributed by atoms with Crippen molar-refractivity contribution in [1.82, 2.24) is 4.90 Å². The van der Waals surface area contributed by atoms with Gasteiger partial charge in [0.15, 0.2) is 6.73 Å². The maximum Gasteiger partial charge on any atom is 0.306 e. The first-order chi connectivity index (χ1) is 15.3. The van der Waals surface area contributed by atoms with E-state index >= 15 is 0 Å². The number of benzene rings is 2. The van der Waals surface area contributed by atoms with Gasteiger partial charge in [-0.05, 0) is 29.7 Å². The third kappa shape index (κ3) is 4.89. The Kier molecular flexibility index (Phi) is 7.43. The van der Waals surface area contributed by atoms with Gasteiger partial charge in [0, 0.05) is 30.6 Å². The van der Waals surface area contributed by atoms with Crippen molar-refractivity contribution in [1.29, 1.82) is 0 Å². The molecule has 0 saturated carbocycles. The minimum Gasteiger partial charge on any atom is -0.481 e. The molecule has 32 heavy (non-hydrogen) atoms. The minimum atomic E-state index is -0.874. The highest BCUT2D eigenvalue weighted by Gasteiger charge is 2.28. The highest BCUT2D eigenvalue weighted by atomic mass is 35.5. The topological polar surface area (TPSA) is 105 Å². The summed E-state index contributed by atoms with van der Waals surface area (Å²) in [6.45, 7) is 1.93. The second-order valence-electron chi connectivity index (χ2n) is 7.45. The van der Waals surface area contributed by atoms with E-state index in [1.807, 2.05) is 18.2 Å². The quantitative estimate of drug-likeness (QED) is 0.607. The molecule has 2 aromatic carbocycles. The Balaban J connectivity index is 1.86. The lowest BCUT2D eigenvalue weighted by atomic mass is 9.97. The van der Waals surface area contributed by atoms with Gasteiger partial charge in [0.2, 0.25) is 0 Å². The highest BCUT2D eigenvalue weighted by molar-refractivity contribution is 6.40. The average Bonchev–Trinajstić information content (AvgIpc) is 2.76. The van der Waals surface area contributed by atoms with Gasteiger partial charge >= 0.3 is 5.97 Å².